The minimum absolute atomic E-state index is 0.0506. The van der Waals surface area contributed by atoms with Gasteiger partial charge in [-0.2, -0.15) is 0 Å². The van der Waals surface area contributed by atoms with E-state index in [2.05, 4.69) is 26.2 Å². The van der Waals surface area contributed by atoms with Crippen LogP contribution >= 0.6 is 11.8 Å². The Bertz CT molecular complexity index is 2830. The molecule has 0 unspecified atom stereocenters. The molecule has 8 rings (SSSR count). The zero-order valence-corrected chi connectivity index (χ0v) is 39.7. The number of fused-ring (bicyclic) bond motifs is 1. The molecule has 27 nitrogen and oxygen atoms in total. The molecule has 2 N–H and O–H groups in total. The van der Waals surface area contributed by atoms with Gasteiger partial charge in [-0.3, -0.25) is 49.6 Å². The van der Waals surface area contributed by atoms with Crippen LogP contribution in [0, 0.1) is 42.2 Å². The Morgan fingerprint density at radius 3 is 1.92 bits per heavy atom. The number of hydrogen-bond donors (Lipinski definition) is 2. The molecule has 0 saturated carbocycles. The number of aromatic nitrogens is 4. The summed E-state index contributed by atoms with van der Waals surface area (Å²) in [5, 5.41) is 49.2. The van der Waals surface area contributed by atoms with Crippen LogP contribution in [0.3, 0.4) is 0 Å². The number of amides is 5. The predicted molar refractivity (Wildman–Crippen MR) is 250 cm³/mol. The summed E-state index contributed by atoms with van der Waals surface area (Å²) in [6, 6.07) is 13.3. The number of ether oxygens (including phenoxy) is 3. The lowest BCUT2D eigenvalue weighted by molar-refractivity contribution is -0.385. The van der Waals surface area contributed by atoms with Gasteiger partial charge in [0, 0.05) is 78.1 Å². The van der Waals surface area contributed by atoms with E-state index < -0.39 is 91.9 Å². The van der Waals surface area contributed by atoms with E-state index in [1.165, 1.54) is 110 Å². The number of carbonyl (C=O) groups is 6. The highest BCUT2D eigenvalue weighted by molar-refractivity contribution is 8.03. The molecule has 0 spiro atoms. The first kappa shape index (κ1) is 50.8. The molecule has 3 fully saturated rings. The van der Waals surface area contributed by atoms with E-state index in [1.807, 2.05) is 6.92 Å². The van der Waals surface area contributed by atoms with Gasteiger partial charge >= 0.3 is 18.2 Å². The molecule has 4 aliphatic rings. The zero-order chi connectivity index (χ0) is 52.1. The highest BCUT2D eigenvalue weighted by atomic mass is 32.2. The van der Waals surface area contributed by atoms with Crippen molar-refractivity contribution in [1.82, 2.24) is 45.5 Å². The number of hydrogen-bond acceptors (Lipinski definition) is 19. The molecule has 3 aromatic carbocycles. The van der Waals surface area contributed by atoms with E-state index in [4.69, 9.17) is 14.2 Å². The molecule has 73 heavy (non-hydrogen) atoms. The van der Waals surface area contributed by atoms with Gasteiger partial charge < -0.3 is 34.6 Å². The number of nitrogens with zero attached hydrogens (tertiary/aromatic N) is 10. The number of likely N-dealkylation sites (tertiary alicyclic amines) is 2. The van der Waals surface area contributed by atoms with E-state index in [-0.39, 0.29) is 75.2 Å². The minimum Gasteiger partial charge on any atom is -0.456 e. The van der Waals surface area contributed by atoms with Crippen molar-refractivity contribution in [2.45, 2.75) is 82.5 Å². The quantitative estimate of drug-likeness (QED) is 0.0474. The first-order chi connectivity index (χ1) is 34.9. The number of nitro groups is 3. The number of thioether (sulfide) groups is 1. The second-order valence-electron chi connectivity index (χ2n) is 17.6. The molecule has 3 saturated heterocycles. The number of alkyl carbamates (subject to hydrolysis) is 1. The van der Waals surface area contributed by atoms with Crippen LogP contribution in [0.2, 0.25) is 0 Å². The lowest BCUT2D eigenvalue weighted by Gasteiger charge is -2.47. The van der Waals surface area contributed by atoms with Gasteiger partial charge in [0.1, 0.15) is 44.4 Å². The van der Waals surface area contributed by atoms with Crippen molar-refractivity contribution in [2.75, 3.05) is 19.6 Å². The van der Waals surface area contributed by atoms with Gasteiger partial charge in [0.2, 0.25) is 17.7 Å². The summed E-state index contributed by atoms with van der Waals surface area (Å²) in [4.78, 5) is 119. The third-order valence-corrected chi connectivity index (χ3v) is 14.3. The molecule has 4 aromatic rings. The van der Waals surface area contributed by atoms with Crippen LogP contribution in [0.15, 0.2) is 89.7 Å². The maximum atomic E-state index is 14.5. The fraction of sp³-hybridized carbons (Fsp3) is 0.400. The number of nitro benzene ring substituents is 3. The number of non-ortho nitro benzene ring substituents is 3. The normalized spacial score (nSPS) is 21.5. The average Bonchev–Trinajstić information content (AvgIpc) is 4.19. The highest BCUT2D eigenvalue weighted by Crippen LogP contribution is 2.52. The Labute approximate surface area is 417 Å². The van der Waals surface area contributed by atoms with E-state index in [0.29, 0.717) is 28.0 Å². The fourth-order valence-corrected chi connectivity index (χ4v) is 10.7. The molecule has 4 aliphatic heterocycles. The first-order valence-corrected chi connectivity index (χ1v) is 23.6. The maximum absolute atomic E-state index is 14.5. The second-order valence-corrected chi connectivity index (χ2v) is 19.0. The zero-order valence-electron chi connectivity index (χ0n) is 38.9. The van der Waals surface area contributed by atoms with Crippen molar-refractivity contribution in [3.8, 4) is 0 Å². The van der Waals surface area contributed by atoms with Crippen molar-refractivity contribution in [3.05, 3.63) is 137 Å². The predicted octanol–water partition coefficient (Wildman–Crippen LogP) is 3.37. The van der Waals surface area contributed by atoms with E-state index in [1.54, 1.807) is 6.92 Å². The van der Waals surface area contributed by atoms with Gasteiger partial charge in [0.15, 0.2) is 0 Å². The number of esters is 1. The second kappa shape index (κ2) is 21.8. The summed E-state index contributed by atoms with van der Waals surface area (Å²) in [5.74, 6) is -3.58. The van der Waals surface area contributed by atoms with Gasteiger partial charge in [-0.15, -0.1) is 16.9 Å². The Kier molecular flexibility index (Phi) is 15.2. The summed E-state index contributed by atoms with van der Waals surface area (Å²) >= 11 is 1.19. The van der Waals surface area contributed by atoms with Gasteiger partial charge in [-0.05, 0) is 83.3 Å². The van der Waals surface area contributed by atoms with Gasteiger partial charge in [-0.25, -0.2) is 19.1 Å². The molecule has 7 atom stereocenters. The Hall–Kier alpha value is -8.56. The fourth-order valence-electron chi connectivity index (χ4n) is 9.21. The molecule has 382 valence electrons. The smallest absolute Gasteiger partial charge is 0.410 e. The van der Waals surface area contributed by atoms with Crippen molar-refractivity contribution >= 4 is 64.7 Å². The average molecular weight is 1030 g/mol. The lowest BCUT2D eigenvalue weighted by Crippen LogP contribution is -2.66. The monoisotopic (exact) mass is 1030 g/mol. The number of nitrogens with one attached hydrogen (secondary N) is 2. The van der Waals surface area contributed by atoms with Crippen molar-refractivity contribution in [3.63, 3.8) is 0 Å². The van der Waals surface area contributed by atoms with Crippen LogP contribution in [0.25, 0.3) is 0 Å². The standard InChI is InChI=1S/C45H46N12O15S/c1-25-38-37(26(2)47-36(58)20-52-24-46-49-50-52)42(60)54(38)39(43(61)70-21-27-3-9-31(10-4-27)55(64)65)40(25)73-34-17-35(53(19-34)45(63)72-23-29-7-13-33(14-8-29)57(68)69)41(59)51-16-15-30(18-51)48-44(62)71-22-28-5-11-32(12-6-28)56(66)67/h3-14,24-26,30,34-35,37-38H,15-23H2,1-2H3,(H,47,58)(H,48,62)/t25-,26-,30-,34+,35+,37-,38+/m1/s1. The maximum Gasteiger partial charge on any atom is 0.410 e. The summed E-state index contributed by atoms with van der Waals surface area (Å²) < 4.78 is 17.9. The van der Waals surface area contributed by atoms with Crippen LogP contribution in [0.5, 0.6) is 0 Å². The number of benzene rings is 3. The molecule has 5 heterocycles. The molecule has 28 heteroatoms. The van der Waals surface area contributed by atoms with Crippen LogP contribution in [0.4, 0.5) is 26.7 Å². The van der Waals surface area contributed by atoms with Crippen LogP contribution in [0.1, 0.15) is 43.4 Å². The molecule has 0 bridgehead atoms. The lowest BCUT2D eigenvalue weighted by atomic mass is 9.78. The topological polar surface area (TPSA) is 337 Å². The van der Waals surface area contributed by atoms with Crippen LogP contribution in [-0.4, -0.2) is 135 Å². The van der Waals surface area contributed by atoms with E-state index >= 15 is 0 Å². The largest absolute Gasteiger partial charge is 0.456 e. The number of carbonyl (C=O) groups excluding carboxylic acids is 6. The molecule has 1 aromatic heterocycles. The first-order valence-electron chi connectivity index (χ1n) is 22.7. The number of β-lactam (4-membered cyclic amide) rings is 1. The van der Waals surface area contributed by atoms with Gasteiger partial charge in [0.05, 0.1) is 32.8 Å². The third kappa shape index (κ3) is 11.5. The van der Waals surface area contributed by atoms with Gasteiger partial charge in [-0.1, -0.05) is 6.92 Å². The third-order valence-electron chi connectivity index (χ3n) is 12.8. The van der Waals surface area contributed by atoms with E-state index in [9.17, 15) is 59.1 Å². The summed E-state index contributed by atoms with van der Waals surface area (Å²) in [7, 11) is 0. The summed E-state index contributed by atoms with van der Waals surface area (Å²) in [6.07, 6.45) is 0.00129. The molecule has 5 amide bonds. The van der Waals surface area contributed by atoms with Crippen molar-refractivity contribution in [1.29, 1.82) is 0 Å². The molecular weight excluding hydrogens is 981 g/mol. The Morgan fingerprint density at radius 2 is 1.37 bits per heavy atom. The Balaban J connectivity index is 0.996. The summed E-state index contributed by atoms with van der Waals surface area (Å²) in [6.45, 7) is 2.68. The summed E-state index contributed by atoms with van der Waals surface area (Å²) in [5.41, 5.74) is 0.865. The van der Waals surface area contributed by atoms with Crippen LogP contribution < -0.4 is 10.6 Å². The van der Waals surface area contributed by atoms with Gasteiger partial charge in [0.25, 0.3) is 17.1 Å². The number of tetrazole rings is 1. The Morgan fingerprint density at radius 1 is 0.808 bits per heavy atom. The van der Waals surface area contributed by atoms with E-state index in [0.717, 1.165) is 0 Å². The highest BCUT2D eigenvalue weighted by Gasteiger charge is 2.61. The molecular formula is C45H46N12O15S. The molecule has 0 aliphatic carbocycles. The van der Waals surface area contributed by atoms with Crippen molar-refractivity contribution < 1.29 is 57.7 Å². The number of rotatable bonds is 18. The minimum atomic E-state index is -1.11. The SMILES string of the molecule is C[C@@H](NC(=O)Cn1cnnn1)[C@H]1C(=O)N2C(C(=O)OCc3ccc([N+](=O)[O-])cc3)=C(S[C@H]3C[C@@H](C(=O)N4CC[C@@H](NC(=O)OCc5ccc([N+](=O)[O-])cc5)C4)N(C(=O)OCc4ccc([N+](=O)[O-])cc4)C3)[C@H](C)[C@@H]12. The van der Waals surface area contributed by atoms with Crippen LogP contribution in [-0.2, 0) is 59.8 Å². The molecule has 0 radical (unpaired) electrons. The van der Waals surface area contributed by atoms with Crippen molar-refractivity contribution in [2.24, 2.45) is 11.8 Å².